The van der Waals surface area contributed by atoms with Crippen molar-refractivity contribution in [3.63, 3.8) is 0 Å². The number of halogens is 4. The average Bonchev–Trinajstić information content (AvgIpc) is 2.10. The van der Waals surface area contributed by atoms with Gasteiger partial charge in [-0.05, 0) is 12.1 Å². The Bertz CT molecular complexity index is 353. The van der Waals surface area contributed by atoms with Gasteiger partial charge in [0.1, 0.15) is 5.82 Å². The van der Waals surface area contributed by atoms with Gasteiger partial charge in [-0.15, -0.1) is 11.6 Å². The maximum Gasteiger partial charge on any atom is 0.144 e. The van der Waals surface area contributed by atoms with Gasteiger partial charge in [0.15, 0.2) is 0 Å². The fraction of sp³-hybridized carbons (Fsp3) is 0.111. The second-order valence-electron chi connectivity index (χ2n) is 2.19. The maximum absolute atomic E-state index is 13.0. The molecule has 0 nitrogen and oxygen atoms in total. The van der Waals surface area contributed by atoms with E-state index in [-0.39, 0.29) is 15.9 Å². The van der Waals surface area contributed by atoms with Crippen LogP contribution in [0.3, 0.4) is 0 Å². The highest BCUT2D eigenvalue weighted by molar-refractivity contribution is 6.42. The van der Waals surface area contributed by atoms with Gasteiger partial charge >= 0.3 is 0 Å². The summed E-state index contributed by atoms with van der Waals surface area (Å²) >= 11 is 16.5. The van der Waals surface area contributed by atoms with Crippen LogP contribution in [0.4, 0.5) is 4.39 Å². The molecule has 0 aliphatic carbocycles. The summed E-state index contributed by atoms with van der Waals surface area (Å²) in [5.41, 5.74) is 0.465. The minimum Gasteiger partial charge on any atom is -0.205 e. The molecular weight excluding hydrogens is 233 g/mol. The van der Waals surface area contributed by atoms with Crippen molar-refractivity contribution in [3.8, 4) is 11.8 Å². The molecule has 0 saturated heterocycles. The van der Waals surface area contributed by atoms with Gasteiger partial charge < -0.3 is 0 Å². The van der Waals surface area contributed by atoms with E-state index in [1.165, 1.54) is 12.1 Å². The second kappa shape index (κ2) is 4.72. The van der Waals surface area contributed by atoms with E-state index < -0.39 is 5.82 Å². The summed E-state index contributed by atoms with van der Waals surface area (Å²) < 4.78 is 13.0. The Morgan fingerprint density at radius 3 is 2.54 bits per heavy atom. The van der Waals surface area contributed by atoms with Crippen LogP contribution in [0, 0.1) is 17.7 Å². The van der Waals surface area contributed by atoms with Gasteiger partial charge in [0, 0.05) is 5.56 Å². The van der Waals surface area contributed by atoms with Crippen LogP contribution in [-0.4, -0.2) is 5.88 Å². The Morgan fingerprint density at radius 2 is 2.00 bits per heavy atom. The lowest BCUT2D eigenvalue weighted by atomic mass is 10.2. The van der Waals surface area contributed by atoms with Gasteiger partial charge in [-0.3, -0.25) is 0 Å². The molecule has 0 aliphatic rings. The zero-order valence-corrected chi connectivity index (χ0v) is 8.64. The van der Waals surface area contributed by atoms with E-state index in [4.69, 9.17) is 34.8 Å². The summed E-state index contributed by atoms with van der Waals surface area (Å²) in [4.78, 5) is 0. The number of alkyl halides is 1. The normalized spacial score (nSPS) is 9.23. The lowest BCUT2D eigenvalue weighted by Crippen LogP contribution is -1.82. The summed E-state index contributed by atoms with van der Waals surface area (Å²) in [5.74, 6) is 4.84. The van der Waals surface area contributed by atoms with Crippen molar-refractivity contribution in [3.05, 3.63) is 33.6 Å². The van der Waals surface area contributed by atoms with Crippen LogP contribution >= 0.6 is 34.8 Å². The summed E-state index contributed by atoms with van der Waals surface area (Å²) in [7, 11) is 0. The van der Waals surface area contributed by atoms with Gasteiger partial charge in [-0.2, -0.15) is 0 Å². The van der Waals surface area contributed by atoms with Crippen molar-refractivity contribution in [1.82, 2.24) is 0 Å². The highest BCUT2D eigenvalue weighted by Gasteiger charge is 2.05. The zero-order chi connectivity index (χ0) is 9.84. The van der Waals surface area contributed by atoms with E-state index in [2.05, 4.69) is 11.8 Å². The van der Waals surface area contributed by atoms with E-state index in [1.54, 1.807) is 0 Å². The molecule has 0 bridgehead atoms. The van der Waals surface area contributed by atoms with Crippen LogP contribution in [0.2, 0.25) is 10.0 Å². The molecule has 1 rings (SSSR count). The van der Waals surface area contributed by atoms with E-state index in [9.17, 15) is 4.39 Å². The topological polar surface area (TPSA) is 0 Å². The third kappa shape index (κ3) is 2.77. The molecule has 0 radical (unpaired) electrons. The van der Waals surface area contributed by atoms with Crippen LogP contribution in [0.5, 0.6) is 0 Å². The van der Waals surface area contributed by atoms with E-state index in [0.29, 0.717) is 5.56 Å². The molecular formula is C9H4Cl3F. The fourth-order valence-electron chi connectivity index (χ4n) is 0.763. The van der Waals surface area contributed by atoms with Gasteiger partial charge in [0.25, 0.3) is 0 Å². The average molecular weight is 237 g/mol. The van der Waals surface area contributed by atoms with Gasteiger partial charge in [0.05, 0.1) is 15.9 Å². The Kier molecular flexibility index (Phi) is 3.87. The largest absolute Gasteiger partial charge is 0.205 e. The first-order valence-electron chi connectivity index (χ1n) is 3.34. The molecule has 1 aromatic carbocycles. The van der Waals surface area contributed by atoms with Crippen LogP contribution in [0.25, 0.3) is 0 Å². The number of benzene rings is 1. The molecule has 4 heteroatoms. The summed E-state index contributed by atoms with van der Waals surface area (Å²) in [6.07, 6.45) is 0. The van der Waals surface area contributed by atoms with Gasteiger partial charge in [-0.25, -0.2) is 4.39 Å². The predicted molar refractivity (Wildman–Crippen MR) is 54.0 cm³/mol. The molecule has 0 heterocycles. The van der Waals surface area contributed by atoms with Crippen LogP contribution in [0.15, 0.2) is 12.1 Å². The van der Waals surface area contributed by atoms with Crippen molar-refractivity contribution in [1.29, 1.82) is 0 Å². The van der Waals surface area contributed by atoms with Gasteiger partial charge in [0.2, 0.25) is 0 Å². The molecule has 0 N–H and O–H groups in total. The molecule has 68 valence electrons. The van der Waals surface area contributed by atoms with Crippen molar-refractivity contribution in [2.24, 2.45) is 0 Å². The molecule has 0 unspecified atom stereocenters. The third-order valence-corrected chi connectivity index (χ3v) is 2.20. The minimum absolute atomic E-state index is 0.0851. The zero-order valence-electron chi connectivity index (χ0n) is 6.37. The first-order valence-corrected chi connectivity index (χ1v) is 4.63. The van der Waals surface area contributed by atoms with E-state index in [0.717, 1.165) is 0 Å². The highest BCUT2D eigenvalue weighted by atomic mass is 35.5. The Balaban J connectivity index is 3.13. The van der Waals surface area contributed by atoms with Crippen LogP contribution in [0.1, 0.15) is 5.56 Å². The standard InChI is InChI=1S/C9H4Cl3F/c10-3-1-2-6-4-7(11)9(12)8(13)5-6/h4-5H,3H2. The summed E-state index contributed by atoms with van der Waals surface area (Å²) in [5, 5.41) is 0.0682. The Hall–Kier alpha value is -0.420. The molecule has 0 aromatic heterocycles. The van der Waals surface area contributed by atoms with Crippen molar-refractivity contribution in [2.45, 2.75) is 0 Å². The third-order valence-electron chi connectivity index (χ3n) is 1.28. The summed E-state index contributed by atoms with van der Waals surface area (Å²) in [6.45, 7) is 0. The molecule has 13 heavy (non-hydrogen) atoms. The predicted octanol–water partition coefficient (Wildman–Crippen LogP) is 3.72. The summed E-state index contributed by atoms with van der Waals surface area (Å²) in [6, 6.07) is 2.71. The molecule has 0 spiro atoms. The maximum atomic E-state index is 13.0. The van der Waals surface area contributed by atoms with Crippen molar-refractivity contribution < 1.29 is 4.39 Å². The SMILES string of the molecule is Fc1cc(C#CCCl)cc(Cl)c1Cl. The van der Waals surface area contributed by atoms with Crippen LogP contribution in [-0.2, 0) is 0 Å². The van der Waals surface area contributed by atoms with E-state index in [1.807, 2.05) is 0 Å². The smallest absolute Gasteiger partial charge is 0.144 e. The van der Waals surface area contributed by atoms with Crippen molar-refractivity contribution >= 4 is 34.8 Å². The fourth-order valence-corrected chi connectivity index (χ4v) is 1.15. The van der Waals surface area contributed by atoms with Crippen LogP contribution < -0.4 is 0 Å². The first kappa shape index (κ1) is 10.7. The Labute approximate surface area is 90.6 Å². The van der Waals surface area contributed by atoms with Gasteiger partial charge in [-0.1, -0.05) is 35.0 Å². The molecule has 0 amide bonds. The number of hydrogen-bond acceptors (Lipinski definition) is 0. The Morgan fingerprint density at radius 1 is 1.31 bits per heavy atom. The molecule has 1 aromatic rings. The molecule has 0 atom stereocenters. The molecule has 0 saturated carbocycles. The second-order valence-corrected chi connectivity index (χ2v) is 3.24. The van der Waals surface area contributed by atoms with E-state index >= 15 is 0 Å². The molecule has 0 fully saturated rings. The first-order chi connectivity index (χ1) is 6.15. The lowest BCUT2D eigenvalue weighted by molar-refractivity contribution is 0.628. The monoisotopic (exact) mass is 236 g/mol. The lowest BCUT2D eigenvalue weighted by Gasteiger charge is -1.97. The number of rotatable bonds is 0. The number of hydrogen-bond donors (Lipinski definition) is 0. The quantitative estimate of drug-likeness (QED) is 0.366. The van der Waals surface area contributed by atoms with Crippen molar-refractivity contribution in [2.75, 3.05) is 5.88 Å². The highest BCUT2D eigenvalue weighted by Crippen LogP contribution is 2.25. The minimum atomic E-state index is -0.576. The molecule has 0 aliphatic heterocycles.